The standard InChI is InChI=1S/C50H87NO41/c1-11(59)51-12(2-52)21(61)39(13(60)3-53)88-48-38(78)41(89-45-34(74)29(69)22(62)14(4-54)81-45)28(68)20(87-48)9-79-44-37(77)40(90-50-43(33(73)26(66)18(8-58)85-50)92-47-36(76)31(71)24(64)16(6-56)83-47)27(67)19(86-44)10-80-49-42(32(72)25(65)17(7-57)84-49)91-46-35(75)30(70)23(63)15(5-55)82-46/h12-50,52-58,60-78H,2-10H2,1H3,(H,51,59)/t12-,13+,14+,15+,16+,17+,18+,19+,20+,21+,22+,23+,24+,25+,26+,27+,28+,29-,30-,31-,32-,33-,34-,35-,36-,37-,38-,39+,40-,41-,42-,43-,44-,45+,46+,47+,48-,49-,50+/m0/s1. The molecule has 7 aliphatic heterocycles. The average Bonchev–Trinajstić information content (AvgIpc) is 0.793. The third kappa shape index (κ3) is 16.9. The molecule has 0 aromatic heterocycles. The molecule has 0 aliphatic carbocycles. The van der Waals surface area contributed by atoms with Crippen LogP contribution in [0.4, 0.5) is 0 Å². The summed E-state index contributed by atoms with van der Waals surface area (Å²) in [4.78, 5) is 12.0. The third-order valence-electron chi connectivity index (χ3n) is 16.7. The molecule has 27 N–H and O–H groups in total. The minimum absolute atomic E-state index is 0.830. The number of ether oxygens (including phenoxy) is 14. The SMILES string of the molecule is CC(=O)N[C@@H](CO)[C@@H](O)[C@H](O[C@@H]1O[C@H](CO[C@H]2O[C@H](CO[C@H]3O[C@H](CO)[C@@H](O)[C@H](O)[C@@H]3O[C@H]3O[C@H](CO)[C@@H](O)[C@H](O)[C@@H]3O)[C@@H](O)[C@H](O[C@H]3O[C@H](CO)[C@@H](O)[C@H](O)[C@@H]3O[C@H]3O[C@H](CO)[C@@H](O)[C@H](O)[C@@H]3O)[C@@H]2O)[C@@H](O)[C@H](O[C@H]2O[C@H](CO)[C@@H](O)[C@H](O)[C@@H]2O)[C@@H]1O)[C@H](O)CO. The number of carbonyl (C=O) groups is 1. The monoisotopic (exact) mass is 1360 g/mol. The second-order valence-electron chi connectivity index (χ2n) is 23.0. The normalized spacial score (nSPS) is 48.5. The van der Waals surface area contributed by atoms with Crippen molar-refractivity contribution in [2.24, 2.45) is 0 Å². The molecule has 1 amide bonds. The van der Waals surface area contributed by atoms with Gasteiger partial charge in [-0.25, -0.2) is 0 Å². The summed E-state index contributed by atoms with van der Waals surface area (Å²) in [6.45, 7) is -8.70. The van der Waals surface area contributed by atoms with Crippen molar-refractivity contribution in [1.29, 1.82) is 0 Å². The van der Waals surface area contributed by atoms with Gasteiger partial charge < -0.3 is 204 Å². The molecule has 7 rings (SSSR count). The molecule has 39 atom stereocenters. The Morgan fingerprint density at radius 1 is 0.348 bits per heavy atom. The molecule has 0 aromatic rings. The quantitative estimate of drug-likeness (QED) is 0.0363. The first-order valence-electron chi connectivity index (χ1n) is 29.1. The van der Waals surface area contributed by atoms with E-state index in [-0.39, 0.29) is 0 Å². The molecular formula is C50H87NO41. The van der Waals surface area contributed by atoms with E-state index in [2.05, 4.69) is 5.32 Å². The van der Waals surface area contributed by atoms with Crippen molar-refractivity contribution in [2.45, 2.75) is 246 Å². The lowest BCUT2D eigenvalue weighted by Gasteiger charge is -2.49. The zero-order valence-electron chi connectivity index (χ0n) is 48.6. The van der Waals surface area contributed by atoms with Crippen molar-refractivity contribution in [3.8, 4) is 0 Å². The Labute approximate surface area is 520 Å². The van der Waals surface area contributed by atoms with Crippen LogP contribution in [0.15, 0.2) is 0 Å². The minimum Gasteiger partial charge on any atom is -0.394 e. The highest BCUT2D eigenvalue weighted by Gasteiger charge is 2.58. The second-order valence-corrected chi connectivity index (χ2v) is 23.0. The molecule has 0 bridgehead atoms. The fourth-order valence-electron chi connectivity index (χ4n) is 11.2. The highest BCUT2D eigenvalue weighted by atomic mass is 16.8. The van der Waals surface area contributed by atoms with Crippen LogP contribution in [0.25, 0.3) is 0 Å². The van der Waals surface area contributed by atoms with Crippen molar-refractivity contribution in [2.75, 3.05) is 59.5 Å². The van der Waals surface area contributed by atoms with Gasteiger partial charge >= 0.3 is 0 Å². The van der Waals surface area contributed by atoms with Crippen LogP contribution in [-0.4, -0.2) is 437 Å². The molecule has 92 heavy (non-hydrogen) atoms. The summed E-state index contributed by atoms with van der Waals surface area (Å²) in [5.74, 6) is -0.830. The predicted octanol–water partition coefficient (Wildman–Crippen LogP) is -18.7. The number of amides is 1. The van der Waals surface area contributed by atoms with Gasteiger partial charge in [-0.1, -0.05) is 0 Å². The molecule has 0 radical (unpaired) electrons. The summed E-state index contributed by atoms with van der Waals surface area (Å²) in [5, 5.41) is 283. The fourth-order valence-corrected chi connectivity index (χ4v) is 11.2. The highest BCUT2D eigenvalue weighted by Crippen LogP contribution is 2.37. The zero-order chi connectivity index (χ0) is 68.1. The van der Waals surface area contributed by atoms with Gasteiger partial charge in [0.05, 0.1) is 65.5 Å². The number of rotatable bonds is 27. The van der Waals surface area contributed by atoms with Gasteiger partial charge in [0.1, 0.15) is 189 Å². The molecule has 538 valence electrons. The maximum Gasteiger partial charge on any atom is 0.217 e. The molecule has 0 saturated carbocycles. The fraction of sp³-hybridized carbons (Fsp3) is 0.980. The van der Waals surface area contributed by atoms with E-state index >= 15 is 0 Å². The van der Waals surface area contributed by atoms with E-state index in [1.165, 1.54) is 0 Å². The van der Waals surface area contributed by atoms with E-state index in [4.69, 9.17) is 66.3 Å². The number of hydrogen-bond acceptors (Lipinski definition) is 41. The lowest BCUT2D eigenvalue weighted by Crippen LogP contribution is -2.68. The Kier molecular flexibility index (Phi) is 28.6. The van der Waals surface area contributed by atoms with Gasteiger partial charge in [0.2, 0.25) is 5.91 Å². The molecule has 7 fully saturated rings. The first-order valence-corrected chi connectivity index (χ1v) is 29.1. The maximum atomic E-state index is 12.2. The van der Waals surface area contributed by atoms with Gasteiger partial charge in [0.15, 0.2) is 44.0 Å². The van der Waals surface area contributed by atoms with Crippen LogP contribution in [0.5, 0.6) is 0 Å². The number of nitrogens with one attached hydrogen (secondary N) is 1. The Balaban J connectivity index is 1.24. The maximum absolute atomic E-state index is 12.2. The highest BCUT2D eigenvalue weighted by molar-refractivity contribution is 5.73. The molecule has 7 aliphatic rings. The van der Waals surface area contributed by atoms with Gasteiger partial charge in [-0.05, 0) is 0 Å². The number of aliphatic hydroxyl groups excluding tert-OH is 26. The Morgan fingerprint density at radius 2 is 0.663 bits per heavy atom. The summed E-state index contributed by atoms with van der Waals surface area (Å²) < 4.78 is 80.3. The van der Waals surface area contributed by atoms with Gasteiger partial charge in [-0.15, -0.1) is 0 Å². The summed E-state index contributed by atoms with van der Waals surface area (Å²) in [7, 11) is 0. The summed E-state index contributed by atoms with van der Waals surface area (Å²) in [5.41, 5.74) is 0. The van der Waals surface area contributed by atoms with Gasteiger partial charge in [-0.3, -0.25) is 4.79 Å². The first-order chi connectivity index (χ1) is 43.5. The van der Waals surface area contributed by atoms with E-state index in [1.54, 1.807) is 0 Å². The van der Waals surface area contributed by atoms with Crippen LogP contribution in [-0.2, 0) is 71.1 Å². The van der Waals surface area contributed by atoms with Crippen LogP contribution in [0.3, 0.4) is 0 Å². The molecule has 7 saturated heterocycles. The van der Waals surface area contributed by atoms with Crippen LogP contribution in [0, 0.1) is 0 Å². The number of hydrogen-bond donors (Lipinski definition) is 27. The number of carbonyl (C=O) groups excluding carboxylic acids is 1. The molecule has 7 heterocycles. The van der Waals surface area contributed by atoms with Gasteiger partial charge in [0.25, 0.3) is 0 Å². The van der Waals surface area contributed by atoms with E-state index < -0.39 is 305 Å². The van der Waals surface area contributed by atoms with E-state index in [1.807, 2.05) is 0 Å². The molecule has 42 heteroatoms. The predicted molar refractivity (Wildman–Crippen MR) is 278 cm³/mol. The summed E-state index contributed by atoms with van der Waals surface area (Å²) >= 11 is 0. The van der Waals surface area contributed by atoms with Crippen molar-refractivity contribution in [3.05, 3.63) is 0 Å². The minimum atomic E-state index is -2.46. The largest absolute Gasteiger partial charge is 0.394 e. The van der Waals surface area contributed by atoms with E-state index in [0.29, 0.717) is 0 Å². The summed E-state index contributed by atoms with van der Waals surface area (Å²) in [6.07, 6.45) is -80.1. The Morgan fingerprint density at radius 3 is 1.04 bits per heavy atom. The third-order valence-corrected chi connectivity index (χ3v) is 16.7. The lowest BCUT2D eigenvalue weighted by atomic mass is 9.95. The van der Waals surface area contributed by atoms with Crippen LogP contribution >= 0.6 is 0 Å². The van der Waals surface area contributed by atoms with Gasteiger partial charge in [0, 0.05) is 6.92 Å². The molecule has 0 unspecified atom stereocenters. The smallest absolute Gasteiger partial charge is 0.217 e. The number of aliphatic hydroxyl groups is 26. The molecular weight excluding hydrogens is 1270 g/mol. The van der Waals surface area contributed by atoms with E-state index in [9.17, 15) is 138 Å². The van der Waals surface area contributed by atoms with Crippen molar-refractivity contribution >= 4 is 5.91 Å². The van der Waals surface area contributed by atoms with Crippen molar-refractivity contribution < 1.29 is 204 Å². The van der Waals surface area contributed by atoms with Crippen LogP contribution < -0.4 is 5.32 Å². The Bertz CT molecular complexity index is 2210. The Hall–Kier alpha value is -2.13. The lowest BCUT2D eigenvalue weighted by molar-refractivity contribution is -0.396. The zero-order valence-corrected chi connectivity index (χ0v) is 48.6. The van der Waals surface area contributed by atoms with E-state index in [0.717, 1.165) is 6.92 Å². The van der Waals surface area contributed by atoms with Crippen LogP contribution in [0.1, 0.15) is 6.92 Å². The molecule has 0 aromatic carbocycles. The second kappa shape index (κ2) is 34.1. The topological polar surface area (TPSA) is 684 Å². The molecule has 42 nitrogen and oxygen atoms in total. The van der Waals surface area contributed by atoms with Crippen LogP contribution in [0.2, 0.25) is 0 Å². The average molecular weight is 1360 g/mol. The molecule has 0 spiro atoms. The van der Waals surface area contributed by atoms with Gasteiger partial charge in [-0.2, -0.15) is 0 Å². The van der Waals surface area contributed by atoms with Crippen molar-refractivity contribution in [3.63, 3.8) is 0 Å². The van der Waals surface area contributed by atoms with Crippen molar-refractivity contribution in [1.82, 2.24) is 5.32 Å². The first kappa shape index (κ1) is 77.2. The summed E-state index contributed by atoms with van der Waals surface area (Å²) in [6, 6.07) is -1.67.